The van der Waals surface area contributed by atoms with Crippen molar-refractivity contribution in [3.63, 3.8) is 0 Å². The number of hydrogen-bond acceptors (Lipinski definition) is 4. The second kappa shape index (κ2) is 6.54. The normalized spacial score (nSPS) is 10.5. The first kappa shape index (κ1) is 15.7. The van der Waals surface area contributed by atoms with Gasteiger partial charge in [0.15, 0.2) is 0 Å². The number of benzene rings is 1. The number of rotatable bonds is 4. The molecule has 6 heteroatoms. The van der Waals surface area contributed by atoms with Gasteiger partial charge in [0.25, 0.3) is 5.91 Å². The Balaban J connectivity index is 1.88. The van der Waals surface area contributed by atoms with Crippen LogP contribution in [0.3, 0.4) is 0 Å². The van der Waals surface area contributed by atoms with Crippen molar-refractivity contribution in [2.24, 2.45) is 7.05 Å². The molecule has 0 saturated carbocycles. The summed E-state index contributed by atoms with van der Waals surface area (Å²) in [7, 11) is 3.32. The molecule has 1 N–H and O–H groups in total. The van der Waals surface area contributed by atoms with Crippen LogP contribution in [0, 0.1) is 6.92 Å². The predicted octanol–water partition coefficient (Wildman–Crippen LogP) is 3.05. The molecule has 0 aliphatic carbocycles. The monoisotopic (exact) mass is 322 g/mol. The van der Waals surface area contributed by atoms with Gasteiger partial charge < -0.3 is 10.1 Å². The highest BCUT2D eigenvalue weighted by Crippen LogP contribution is 2.26. The highest BCUT2D eigenvalue weighted by atomic mass is 16.5. The van der Waals surface area contributed by atoms with Gasteiger partial charge in [-0.05, 0) is 36.2 Å². The number of aryl methyl sites for hydroxylation is 2. The second-order valence-corrected chi connectivity index (χ2v) is 5.41. The SMILES string of the molecule is COc1ccc(-c2ccc(C)c(NC(=O)c3ccnn3C)c2)cn1. The molecule has 3 rings (SSSR count). The molecule has 0 bridgehead atoms. The Morgan fingerprint density at radius 2 is 1.96 bits per heavy atom. The largest absolute Gasteiger partial charge is 0.481 e. The highest BCUT2D eigenvalue weighted by Gasteiger charge is 2.12. The van der Waals surface area contributed by atoms with E-state index >= 15 is 0 Å². The van der Waals surface area contributed by atoms with Gasteiger partial charge in [-0.3, -0.25) is 9.48 Å². The van der Waals surface area contributed by atoms with Crippen molar-refractivity contribution in [1.82, 2.24) is 14.8 Å². The third-order valence-electron chi connectivity index (χ3n) is 3.82. The molecule has 1 aromatic carbocycles. The van der Waals surface area contributed by atoms with Gasteiger partial charge in [-0.1, -0.05) is 12.1 Å². The van der Waals surface area contributed by atoms with E-state index in [0.717, 1.165) is 22.4 Å². The lowest BCUT2D eigenvalue weighted by Gasteiger charge is -2.11. The maximum Gasteiger partial charge on any atom is 0.273 e. The van der Waals surface area contributed by atoms with Crippen LogP contribution in [0.4, 0.5) is 5.69 Å². The number of amides is 1. The third-order valence-corrected chi connectivity index (χ3v) is 3.82. The Labute approximate surface area is 140 Å². The molecule has 0 spiro atoms. The first-order valence-electron chi connectivity index (χ1n) is 7.49. The lowest BCUT2D eigenvalue weighted by Crippen LogP contribution is -2.16. The minimum atomic E-state index is -0.192. The van der Waals surface area contributed by atoms with Crippen molar-refractivity contribution in [2.75, 3.05) is 12.4 Å². The lowest BCUT2D eigenvalue weighted by atomic mass is 10.0. The third kappa shape index (κ3) is 3.12. The van der Waals surface area contributed by atoms with Gasteiger partial charge in [0, 0.05) is 36.8 Å². The molecular weight excluding hydrogens is 304 g/mol. The number of methoxy groups -OCH3 is 1. The summed E-state index contributed by atoms with van der Waals surface area (Å²) >= 11 is 0. The van der Waals surface area contributed by atoms with Crippen LogP contribution >= 0.6 is 0 Å². The van der Waals surface area contributed by atoms with Crippen molar-refractivity contribution >= 4 is 11.6 Å². The molecule has 24 heavy (non-hydrogen) atoms. The quantitative estimate of drug-likeness (QED) is 0.801. The number of carbonyl (C=O) groups excluding carboxylic acids is 1. The molecular formula is C18H18N4O2. The molecule has 0 aliphatic heterocycles. The fraction of sp³-hybridized carbons (Fsp3) is 0.167. The number of ether oxygens (including phenoxy) is 1. The Morgan fingerprint density at radius 3 is 2.58 bits per heavy atom. The molecule has 0 radical (unpaired) electrons. The van der Waals surface area contributed by atoms with E-state index in [0.29, 0.717) is 11.6 Å². The second-order valence-electron chi connectivity index (χ2n) is 5.41. The number of aromatic nitrogens is 3. The van der Waals surface area contributed by atoms with Crippen molar-refractivity contribution in [1.29, 1.82) is 0 Å². The number of nitrogens with zero attached hydrogens (tertiary/aromatic N) is 3. The summed E-state index contributed by atoms with van der Waals surface area (Å²) < 4.78 is 6.62. The smallest absolute Gasteiger partial charge is 0.273 e. The van der Waals surface area contributed by atoms with Gasteiger partial charge in [0.05, 0.1) is 7.11 Å². The Hall–Kier alpha value is -3.15. The van der Waals surface area contributed by atoms with Gasteiger partial charge >= 0.3 is 0 Å². The number of hydrogen-bond donors (Lipinski definition) is 1. The van der Waals surface area contributed by atoms with E-state index in [1.807, 2.05) is 37.3 Å². The molecule has 0 unspecified atom stereocenters. The molecule has 2 aromatic heterocycles. The molecule has 2 heterocycles. The zero-order chi connectivity index (χ0) is 17.1. The lowest BCUT2D eigenvalue weighted by molar-refractivity contribution is 0.101. The van der Waals surface area contributed by atoms with Gasteiger partial charge in [-0.25, -0.2) is 4.98 Å². The first-order chi connectivity index (χ1) is 11.6. The molecule has 0 saturated heterocycles. The van der Waals surface area contributed by atoms with E-state index in [-0.39, 0.29) is 5.91 Å². The summed E-state index contributed by atoms with van der Waals surface area (Å²) in [5.74, 6) is 0.374. The standard InChI is InChI=1S/C18H18N4O2/c1-12-4-5-13(14-6-7-17(24-3)19-11-14)10-15(12)21-18(23)16-8-9-20-22(16)2/h4-11H,1-3H3,(H,21,23). The number of nitrogens with one attached hydrogen (secondary N) is 1. The fourth-order valence-corrected chi connectivity index (χ4v) is 2.39. The fourth-order valence-electron chi connectivity index (χ4n) is 2.39. The number of anilines is 1. The summed E-state index contributed by atoms with van der Waals surface area (Å²) in [6, 6.07) is 11.3. The van der Waals surface area contributed by atoms with Gasteiger partial charge in [0.2, 0.25) is 5.88 Å². The molecule has 122 valence electrons. The van der Waals surface area contributed by atoms with Crippen molar-refractivity contribution in [3.05, 3.63) is 60.0 Å². The maximum absolute atomic E-state index is 12.4. The number of carbonyl (C=O) groups is 1. The average molecular weight is 322 g/mol. The zero-order valence-electron chi connectivity index (χ0n) is 13.8. The summed E-state index contributed by atoms with van der Waals surface area (Å²) in [5, 5.41) is 6.96. The van der Waals surface area contributed by atoms with Crippen molar-refractivity contribution < 1.29 is 9.53 Å². The van der Waals surface area contributed by atoms with Crippen LogP contribution in [0.1, 0.15) is 16.1 Å². The Kier molecular flexibility index (Phi) is 4.29. The van der Waals surface area contributed by atoms with Crippen LogP contribution in [0.2, 0.25) is 0 Å². The van der Waals surface area contributed by atoms with Crippen LogP contribution < -0.4 is 10.1 Å². The predicted molar refractivity (Wildman–Crippen MR) is 92.1 cm³/mol. The summed E-state index contributed by atoms with van der Waals surface area (Å²) in [6.45, 7) is 1.95. The molecule has 3 aromatic rings. The average Bonchev–Trinajstić information content (AvgIpc) is 3.03. The summed E-state index contributed by atoms with van der Waals surface area (Å²) in [6.07, 6.45) is 3.34. The van der Waals surface area contributed by atoms with Crippen molar-refractivity contribution in [2.45, 2.75) is 6.92 Å². The van der Waals surface area contributed by atoms with E-state index in [4.69, 9.17) is 4.74 Å². The van der Waals surface area contributed by atoms with Gasteiger partial charge in [-0.15, -0.1) is 0 Å². The molecule has 0 fully saturated rings. The highest BCUT2D eigenvalue weighted by molar-refractivity contribution is 6.03. The van der Waals surface area contributed by atoms with Crippen molar-refractivity contribution in [3.8, 4) is 17.0 Å². The maximum atomic E-state index is 12.4. The van der Waals surface area contributed by atoms with E-state index < -0.39 is 0 Å². The Morgan fingerprint density at radius 1 is 1.17 bits per heavy atom. The van der Waals surface area contributed by atoms with Crippen LogP contribution in [0.15, 0.2) is 48.8 Å². The summed E-state index contributed by atoms with van der Waals surface area (Å²) in [5.41, 5.74) is 4.17. The van der Waals surface area contributed by atoms with E-state index in [1.165, 1.54) is 0 Å². The molecule has 0 aliphatic rings. The summed E-state index contributed by atoms with van der Waals surface area (Å²) in [4.78, 5) is 16.6. The minimum Gasteiger partial charge on any atom is -0.481 e. The van der Waals surface area contributed by atoms with Crippen LogP contribution in [0.25, 0.3) is 11.1 Å². The van der Waals surface area contributed by atoms with E-state index in [9.17, 15) is 4.79 Å². The molecule has 1 amide bonds. The minimum absolute atomic E-state index is 0.192. The Bertz CT molecular complexity index is 869. The van der Waals surface area contributed by atoms with Crippen LogP contribution in [0.5, 0.6) is 5.88 Å². The van der Waals surface area contributed by atoms with E-state index in [2.05, 4.69) is 15.4 Å². The molecule has 6 nitrogen and oxygen atoms in total. The van der Waals surface area contributed by atoms with Gasteiger partial charge in [-0.2, -0.15) is 5.10 Å². The van der Waals surface area contributed by atoms with Gasteiger partial charge in [0.1, 0.15) is 5.69 Å². The first-order valence-corrected chi connectivity index (χ1v) is 7.49. The van der Waals surface area contributed by atoms with E-state index in [1.54, 1.807) is 37.3 Å². The zero-order valence-corrected chi connectivity index (χ0v) is 13.8. The topological polar surface area (TPSA) is 69.0 Å². The van der Waals surface area contributed by atoms with Crippen LogP contribution in [-0.4, -0.2) is 27.8 Å². The number of pyridine rings is 1. The van der Waals surface area contributed by atoms with Crippen LogP contribution in [-0.2, 0) is 7.05 Å². The molecule has 0 atom stereocenters.